The molecule has 0 saturated carbocycles. The van der Waals surface area contributed by atoms with Gasteiger partial charge < -0.3 is 14.8 Å². The number of esters is 1. The first-order valence-electron chi connectivity index (χ1n) is 10.8. The number of carbonyl (C=O) groups is 2. The highest BCUT2D eigenvalue weighted by Crippen LogP contribution is 2.30. The minimum atomic E-state index is -3.93. The highest BCUT2D eigenvalue weighted by atomic mass is 32.2. The van der Waals surface area contributed by atoms with E-state index in [1.807, 2.05) is 0 Å². The molecule has 1 heterocycles. The van der Waals surface area contributed by atoms with Gasteiger partial charge in [-0.2, -0.15) is 4.31 Å². The number of amides is 1. The molecule has 0 bridgehead atoms. The number of rotatable bonds is 7. The number of carbonyl (C=O) groups excluding carboxylic acids is 2. The van der Waals surface area contributed by atoms with E-state index in [2.05, 4.69) is 5.32 Å². The molecule has 8 nitrogen and oxygen atoms in total. The van der Waals surface area contributed by atoms with Gasteiger partial charge in [-0.3, -0.25) is 4.79 Å². The average molecular weight is 497 g/mol. The lowest BCUT2D eigenvalue weighted by atomic mass is 10.2. The molecule has 11 heteroatoms. The van der Waals surface area contributed by atoms with Crippen LogP contribution in [0.25, 0.3) is 0 Å². The van der Waals surface area contributed by atoms with Crippen LogP contribution in [0.4, 0.5) is 14.5 Å². The molecular weight excluding hydrogens is 470 g/mol. The molecule has 1 amide bonds. The molecule has 0 radical (unpaired) electrons. The summed E-state index contributed by atoms with van der Waals surface area (Å²) in [5.41, 5.74) is -0.506. The highest BCUT2D eigenvalue weighted by molar-refractivity contribution is 7.89. The molecule has 1 fully saturated rings. The Morgan fingerprint density at radius 1 is 1.03 bits per heavy atom. The number of hydrogen-bond donors (Lipinski definition) is 1. The lowest BCUT2D eigenvalue weighted by Gasteiger charge is -2.21. The topological polar surface area (TPSA) is 102 Å². The zero-order chi connectivity index (χ0) is 24.9. The van der Waals surface area contributed by atoms with Crippen LogP contribution in [0.15, 0.2) is 41.3 Å². The maximum atomic E-state index is 13.8. The van der Waals surface area contributed by atoms with Crippen molar-refractivity contribution < 1.29 is 36.3 Å². The van der Waals surface area contributed by atoms with E-state index in [-0.39, 0.29) is 16.2 Å². The maximum Gasteiger partial charge on any atom is 0.338 e. The van der Waals surface area contributed by atoms with Crippen molar-refractivity contribution in [2.75, 3.05) is 25.5 Å². The van der Waals surface area contributed by atoms with Gasteiger partial charge in [0.1, 0.15) is 22.3 Å². The quantitative estimate of drug-likeness (QED) is 0.587. The van der Waals surface area contributed by atoms with Crippen LogP contribution in [-0.2, 0) is 19.6 Å². The first-order valence-corrected chi connectivity index (χ1v) is 12.2. The molecule has 3 rings (SSSR count). The number of nitrogens with one attached hydrogen (secondary N) is 1. The van der Waals surface area contributed by atoms with Crippen LogP contribution < -0.4 is 10.1 Å². The highest BCUT2D eigenvalue weighted by Gasteiger charge is 2.30. The molecule has 34 heavy (non-hydrogen) atoms. The van der Waals surface area contributed by atoms with Crippen LogP contribution in [0.3, 0.4) is 0 Å². The Labute approximate surface area is 196 Å². The third-order valence-electron chi connectivity index (χ3n) is 5.42. The second-order valence-electron chi connectivity index (χ2n) is 7.84. The summed E-state index contributed by atoms with van der Waals surface area (Å²) in [5.74, 6) is -3.38. The van der Waals surface area contributed by atoms with Gasteiger partial charge in [0.2, 0.25) is 10.0 Å². The second kappa shape index (κ2) is 10.9. The van der Waals surface area contributed by atoms with Crippen LogP contribution in [0.1, 0.15) is 43.0 Å². The van der Waals surface area contributed by atoms with Gasteiger partial charge in [0.25, 0.3) is 5.91 Å². The third kappa shape index (κ3) is 5.89. The molecule has 1 saturated heterocycles. The van der Waals surface area contributed by atoms with Crippen molar-refractivity contribution in [3.8, 4) is 5.75 Å². The van der Waals surface area contributed by atoms with E-state index in [1.165, 1.54) is 30.5 Å². The summed E-state index contributed by atoms with van der Waals surface area (Å²) in [7, 11) is -2.61. The number of methoxy groups -OCH3 is 1. The van der Waals surface area contributed by atoms with Crippen LogP contribution in [0.2, 0.25) is 0 Å². The molecule has 2 aromatic rings. The smallest absolute Gasteiger partial charge is 0.338 e. The normalized spacial score (nSPS) is 15.8. The Morgan fingerprint density at radius 3 is 2.35 bits per heavy atom. The number of anilines is 1. The molecule has 1 aliphatic heterocycles. The molecule has 0 spiro atoms. The van der Waals surface area contributed by atoms with E-state index in [1.54, 1.807) is 0 Å². The number of sulfonamides is 1. The van der Waals surface area contributed by atoms with Crippen LogP contribution in [-0.4, -0.2) is 50.9 Å². The van der Waals surface area contributed by atoms with Gasteiger partial charge in [0, 0.05) is 19.2 Å². The van der Waals surface area contributed by atoms with E-state index >= 15 is 0 Å². The Morgan fingerprint density at radius 2 is 1.71 bits per heavy atom. The van der Waals surface area contributed by atoms with Gasteiger partial charge in [-0.05, 0) is 50.1 Å². The van der Waals surface area contributed by atoms with E-state index in [4.69, 9.17) is 9.47 Å². The fraction of sp³-hybridized carbons (Fsp3) is 0.391. The molecule has 0 aliphatic carbocycles. The van der Waals surface area contributed by atoms with Gasteiger partial charge in [-0.1, -0.05) is 12.8 Å². The Bertz CT molecular complexity index is 1160. The zero-order valence-corrected chi connectivity index (χ0v) is 19.7. The average Bonchev–Trinajstić information content (AvgIpc) is 3.11. The first kappa shape index (κ1) is 25.6. The lowest BCUT2D eigenvalue weighted by Crippen LogP contribution is -2.32. The van der Waals surface area contributed by atoms with Crippen molar-refractivity contribution in [2.45, 2.75) is 43.6 Å². The number of ether oxygens (including phenoxy) is 2. The van der Waals surface area contributed by atoms with E-state index in [0.717, 1.165) is 49.9 Å². The predicted molar refractivity (Wildman–Crippen MR) is 120 cm³/mol. The summed E-state index contributed by atoms with van der Waals surface area (Å²) < 4.78 is 65.3. The van der Waals surface area contributed by atoms with E-state index in [0.29, 0.717) is 13.1 Å². The largest absolute Gasteiger partial charge is 0.495 e. The minimum Gasteiger partial charge on any atom is -0.495 e. The Hall–Kier alpha value is -3.05. The van der Waals surface area contributed by atoms with Crippen LogP contribution >= 0.6 is 0 Å². The molecule has 184 valence electrons. The number of halogens is 2. The van der Waals surface area contributed by atoms with Gasteiger partial charge in [0.05, 0.1) is 18.4 Å². The Kier molecular flexibility index (Phi) is 8.21. The summed E-state index contributed by atoms with van der Waals surface area (Å²) in [4.78, 5) is 24.8. The maximum absolute atomic E-state index is 13.8. The number of hydrogen-bond acceptors (Lipinski definition) is 6. The molecule has 1 unspecified atom stereocenters. The zero-order valence-electron chi connectivity index (χ0n) is 18.8. The van der Waals surface area contributed by atoms with E-state index in [9.17, 15) is 26.8 Å². The van der Waals surface area contributed by atoms with Crippen molar-refractivity contribution in [2.24, 2.45) is 0 Å². The molecule has 1 aliphatic rings. The third-order valence-corrected chi connectivity index (χ3v) is 7.34. The molecule has 1 atom stereocenters. The fourth-order valence-corrected chi connectivity index (χ4v) is 5.23. The van der Waals surface area contributed by atoms with Crippen molar-refractivity contribution in [1.82, 2.24) is 4.31 Å². The summed E-state index contributed by atoms with van der Waals surface area (Å²) in [6.45, 7) is 1.99. The summed E-state index contributed by atoms with van der Waals surface area (Å²) in [5, 5.41) is 2.16. The monoisotopic (exact) mass is 496 g/mol. The minimum absolute atomic E-state index is 0.0770. The van der Waals surface area contributed by atoms with Gasteiger partial charge >= 0.3 is 5.97 Å². The fourth-order valence-electron chi connectivity index (χ4n) is 3.54. The number of benzene rings is 2. The predicted octanol–water partition coefficient (Wildman–Crippen LogP) is 3.72. The lowest BCUT2D eigenvalue weighted by molar-refractivity contribution is -0.123. The summed E-state index contributed by atoms with van der Waals surface area (Å²) >= 11 is 0. The first-order chi connectivity index (χ1) is 16.1. The van der Waals surface area contributed by atoms with Gasteiger partial charge in [0.15, 0.2) is 6.10 Å². The van der Waals surface area contributed by atoms with Crippen molar-refractivity contribution in [1.29, 1.82) is 0 Å². The molecule has 1 N–H and O–H groups in total. The van der Waals surface area contributed by atoms with Gasteiger partial charge in [-0.15, -0.1) is 0 Å². The van der Waals surface area contributed by atoms with Crippen molar-refractivity contribution in [3.05, 3.63) is 53.6 Å². The number of nitrogens with zero attached hydrogens (tertiary/aromatic N) is 1. The van der Waals surface area contributed by atoms with Crippen LogP contribution in [0, 0.1) is 11.6 Å². The van der Waals surface area contributed by atoms with E-state index < -0.39 is 45.3 Å². The molecular formula is C23H26F2N2O6S. The van der Waals surface area contributed by atoms with Crippen molar-refractivity contribution in [3.63, 3.8) is 0 Å². The van der Waals surface area contributed by atoms with Gasteiger partial charge in [-0.25, -0.2) is 22.0 Å². The summed E-state index contributed by atoms with van der Waals surface area (Å²) in [6, 6.07) is 6.36. The van der Waals surface area contributed by atoms with Crippen molar-refractivity contribution >= 4 is 27.6 Å². The SMILES string of the molecule is COc1ccc(C(=O)OC(C)C(=O)Nc2cc(F)ccc2F)cc1S(=O)(=O)N1CCCCCC1. The standard InChI is InChI=1S/C23H26F2N2O6S/c1-15(22(28)26-19-14-17(24)8-9-18(19)25)33-23(29)16-7-10-20(32-2)21(13-16)34(30,31)27-11-5-3-4-6-12-27/h7-10,13-15H,3-6,11-12H2,1-2H3,(H,26,28). The van der Waals surface area contributed by atoms with Crippen LogP contribution in [0.5, 0.6) is 5.75 Å². The Balaban J connectivity index is 1.78. The molecule has 2 aromatic carbocycles. The summed E-state index contributed by atoms with van der Waals surface area (Å²) in [6.07, 6.45) is 1.98. The second-order valence-corrected chi connectivity index (χ2v) is 9.75. The molecule has 0 aromatic heterocycles.